The van der Waals surface area contributed by atoms with Crippen LogP contribution in [-0.4, -0.2) is 26.2 Å². The highest BCUT2D eigenvalue weighted by Gasteiger charge is 2.20. The zero-order chi connectivity index (χ0) is 21.4. The molecule has 0 aliphatic rings. The second-order valence-corrected chi connectivity index (χ2v) is 6.93. The Morgan fingerprint density at radius 2 is 1.68 bits per heavy atom. The maximum absolute atomic E-state index is 13.4. The van der Waals surface area contributed by atoms with Gasteiger partial charge in [-0.05, 0) is 30.3 Å². The van der Waals surface area contributed by atoms with Crippen molar-refractivity contribution in [2.24, 2.45) is 0 Å². The number of halogens is 3. The van der Waals surface area contributed by atoms with Crippen LogP contribution in [0.4, 0.5) is 13.2 Å². The number of hydrogen-bond donors (Lipinski definition) is 0. The van der Waals surface area contributed by atoms with Gasteiger partial charge in [0, 0.05) is 22.9 Å². The molecular weight excluding hydrogens is 405 g/mol. The molecule has 2 aromatic carbocycles. The maximum Gasteiger partial charge on any atom is 0.257 e. The van der Waals surface area contributed by atoms with Crippen LogP contribution in [0.5, 0.6) is 0 Å². The zero-order valence-corrected chi connectivity index (χ0v) is 16.0. The highest BCUT2D eigenvalue weighted by atomic mass is 19.3. The van der Waals surface area contributed by atoms with Gasteiger partial charge < -0.3 is 4.42 Å². The average Bonchev–Trinajstić information content (AvgIpc) is 3.39. The Morgan fingerprint density at radius 1 is 0.903 bits per heavy atom. The lowest BCUT2D eigenvalue weighted by molar-refractivity contribution is 0.122. The standard InChI is InChI=1S/C23H15F3N4O/c24-16-8-6-15(7-9-16)21-18(11-30(29-21)12-20(25)26)22-17-10-19(14-4-2-1-3-5-14)31-23(17)28-13-27-22/h1-11,13,20H,12H2. The molecule has 5 nitrogen and oxygen atoms in total. The molecule has 3 heterocycles. The van der Waals surface area contributed by atoms with E-state index in [0.717, 1.165) is 5.56 Å². The van der Waals surface area contributed by atoms with Gasteiger partial charge in [-0.2, -0.15) is 5.10 Å². The van der Waals surface area contributed by atoms with Gasteiger partial charge in [-0.3, -0.25) is 4.68 Å². The van der Waals surface area contributed by atoms with Gasteiger partial charge in [0.25, 0.3) is 6.43 Å². The summed E-state index contributed by atoms with van der Waals surface area (Å²) in [6.07, 6.45) is 0.300. The molecule has 0 saturated heterocycles. The van der Waals surface area contributed by atoms with Crippen LogP contribution in [0.2, 0.25) is 0 Å². The summed E-state index contributed by atoms with van der Waals surface area (Å²) in [6, 6.07) is 17.0. The highest BCUT2D eigenvalue weighted by molar-refractivity contribution is 5.95. The van der Waals surface area contributed by atoms with E-state index in [4.69, 9.17) is 4.42 Å². The summed E-state index contributed by atoms with van der Waals surface area (Å²) in [5, 5.41) is 4.95. The molecule has 0 aliphatic carbocycles. The van der Waals surface area contributed by atoms with Crippen molar-refractivity contribution in [3.05, 3.63) is 79.0 Å². The van der Waals surface area contributed by atoms with Gasteiger partial charge in [-0.15, -0.1) is 0 Å². The van der Waals surface area contributed by atoms with Crippen molar-refractivity contribution < 1.29 is 17.6 Å². The molecule has 0 aliphatic heterocycles. The third kappa shape index (κ3) is 3.68. The summed E-state index contributed by atoms with van der Waals surface area (Å²) >= 11 is 0. The molecule has 3 aromatic heterocycles. The molecule has 0 radical (unpaired) electrons. The fraction of sp³-hybridized carbons (Fsp3) is 0.0870. The van der Waals surface area contributed by atoms with Crippen LogP contribution < -0.4 is 0 Å². The van der Waals surface area contributed by atoms with Gasteiger partial charge in [0.2, 0.25) is 5.71 Å². The first-order valence-electron chi connectivity index (χ1n) is 9.50. The molecule has 0 fully saturated rings. The summed E-state index contributed by atoms with van der Waals surface area (Å²) in [5.41, 5.74) is 3.27. The van der Waals surface area contributed by atoms with Crippen LogP contribution >= 0.6 is 0 Å². The van der Waals surface area contributed by atoms with E-state index in [0.29, 0.717) is 39.4 Å². The van der Waals surface area contributed by atoms with Gasteiger partial charge in [0.15, 0.2) is 0 Å². The second kappa shape index (κ2) is 7.71. The number of furan rings is 1. The minimum Gasteiger partial charge on any atom is -0.438 e. The van der Waals surface area contributed by atoms with E-state index in [1.165, 1.54) is 29.3 Å². The number of nitrogens with zero attached hydrogens (tertiary/aromatic N) is 4. The van der Waals surface area contributed by atoms with E-state index >= 15 is 0 Å². The van der Waals surface area contributed by atoms with E-state index in [1.54, 1.807) is 12.1 Å². The molecule has 0 unspecified atom stereocenters. The van der Waals surface area contributed by atoms with Crippen molar-refractivity contribution >= 4 is 11.1 Å². The fourth-order valence-corrected chi connectivity index (χ4v) is 3.47. The third-order valence-corrected chi connectivity index (χ3v) is 4.85. The van der Waals surface area contributed by atoms with Crippen molar-refractivity contribution in [3.63, 3.8) is 0 Å². The quantitative estimate of drug-likeness (QED) is 0.359. The van der Waals surface area contributed by atoms with Crippen LogP contribution in [-0.2, 0) is 6.54 Å². The minimum absolute atomic E-state index is 0.371. The van der Waals surface area contributed by atoms with E-state index in [1.807, 2.05) is 36.4 Å². The van der Waals surface area contributed by atoms with Crippen molar-refractivity contribution in [2.75, 3.05) is 0 Å². The summed E-state index contributed by atoms with van der Waals surface area (Å²) in [5.74, 6) is 0.213. The smallest absolute Gasteiger partial charge is 0.257 e. The molecule has 31 heavy (non-hydrogen) atoms. The number of aromatic nitrogens is 4. The topological polar surface area (TPSA) is 56.7 Å². The van der Waals surface area contributed by atoms with Crippen molar-refractivity contribution in [2.45, 2.75) is 13.0 Å². The van der Waals surface area contributed by atoms with Crippen molar-refractivity contribution in [1.29, 1.82) is 0 Å². The molecule has 5 aromatic rings. The number of rotatable bonds is 5. The lowest BCUT2D eigenvalue weighted by atomic mass is 10.0. The molecule has 154 valence electrons. The predicted molar refractivity (Wildman–Crippen MR) is 110 cm³/mol. The largest absolute Gasteiger partial charge is 0.438 e. The Bertz CT molecular complexity index is 1340. The first kappa shape index (κ1) is 19.0. The normalized spacial score (nSPS) is 11.5. The van der Waals surface area contributed by atoms with Crippen LogP contribution in [0.1, 0.15) is 0 Å². The van der Waals surface area contributed by atoms with Crippen LogP contribution in [0.3, 0.4) is 0 Å². The highest BCUT2D eigenvalue weighted by Crippen LogP contribution is 2.36. The van der Waals surface area contributed by atoms with Gasteiger partial charge >= 0.3 is 0 Å². The Kier molecular flexibility index (Phi) is 4.74. The Balaban J connectivity index is 1.69. The molecule has 8 heteroatoms. The lowest BCUT2D eigenvalue weighted by Crippen LogP contribution is -2.06. The second-order valence-electron chi connectivity index (χ2n) is 6.93. The average molecular weight is 420 g/mol. The summed E-state index contributed by atoms with van der Waals surface area (Å²) in [4.78, 5) is 8.60. The summed E-state index contributed by atoms with van der Waals surface area (Å²) < 4.78 is 46.5. The molecule has 0 atom stereocenters. The SMILES string of the molecule is Fc1ccc(-c2nn(CC(F)F)cc2-c2ncnc3oc(-c4ccccc4)cc23)cc1. The van der Waals surface area contributed by atoms with Crippen molar-refractivity contribution in [3.8, 4) is 33.8 Å². The maximum atomic E-state index is 13.4. The molecule has 0 bridgehead atoms. The Morgan fingerprint density at radius 3 is 2.42 bits per heavy atom. The van der Waals surface area contributed by atoms with E-state index in [2.05, 4.69) is 15.1 Å². The van der Waals surface area contributed by atoms with Gasteiger partial charge in [0.05, 0.1) is 11.1 Å². The molecular formula is C23H15F3N4O. The van der Waals surface area contributed by atoms with E-state index in [-0.39, 0.29) is 0 Å². The number of benzene rings is 2. The predicted octanol–water partition coefficient (Wildman–Crippen LogP) is 5.82. The fourth-order valence-electron chi connectivity index (χ4n) is 3.47. The molecule has 0 N–H and O–H groups in total. The Labute approximate surface area is 174 Å². The summed E-state index contributed by atoms with van der Waals surface area (Å²) in [6.45, 7) is -0.566. The zero-order valence-electron chi connectivity index (χ0n) is 16.0. The van der Waals surface area contributed by atoms with Gasteiger partial charge in [-0.25, -0.2) is 23.1 Å². The molecule has 5 rings (SSSR count). The minimum atomic E-state index is -2.57. The van der Waals surface area contributed by atoms with Crippen molar-refractivity contribution in [1.82, 2.24) is 19.7 Å². The van der Waals surface area contributed by atoms with E-state index in [9.17, 15) is 13.2 Å². The molecule has 0 amide bonds. The molecule has 0 saturated carbocycles. The summed E-state index contributed by atoms with van der Waals surface area (Å²) in [7, 11) is 0. The van der Waals surface area contributed by atoms with E-state index < -0.39 is 18.8 Å². The number of fused-ring (bicyclic) bond motifs is 1. The first-order valence-corrected chi connectivity index (χ1v) is 9.50. The number of hydrogen-bond acceptors (Lipinski definition) is 4. The third-order valence-electron chi connectivity index (χ3n) is 4.85. The van der Waals surface area contributed by atoms with Gasteiger partial charge in [-0.1, -0.05) is 30.3 Å². The lowest BCUT2D eigenvalue weighted by Gasteiger charge is -2.03. The van der Waals surface area contributed by atoms with Crippen LogP contribution in [0, 0.1) is 5.82 Å². The van der Waals surface area contributed by atoms with Crippen LogP contribution in [0.15, 0.2) is 77.6 Å². The molecule has 0 spiro atoms. The van der Waals surface area contributed by atoms with Gasteiger partial charge in [0.1, 0.15) is 30.1 Å². The number of alkyl halides is 2. The Hall–Kier alpha value is -3.94. The first-order chi connectivity index (χ1) is 15.1. The monoisotopic (exact) mass is 420 g/mol. The van der Waals surface area contributed by atoms with Crippen LogP contribution in [0.25, 0.3) is 44.9 Å².